The summed E-state index contributed by atoms with van der Waals surface area (Å²) in [6, 6.07) is 7.54. The molecule has 4 nitrogen and oxygen atoms in total. The summed E-state index contributed by atoms with van der Waals surface area (Å²) in [6.45, 7) is 0. The van der Waals surface area contributed by atoms with Gasteiger partial charge in [0.05, 0.1) is 11.4 Å². The second-order valence-corrected chi connectivity index (χ2v) is 5.90. The average Bonchev–Trinajstić information content (AvgIpc) is 2.49. The summed E-state index contributed by atoms with van der Waals surface area (Å²) in [5.74, 6) is 0.826. The van der Waals surface area contributed by atoms with Gasteiger partial charge in [-0.05, 0) is 43.5 Å². The van der Waals surface area contributed by atoms with Crippen molar-refractivity contribution in [1.29, 1.82) is 0 Å². The first-order valence-electron chi connectivity index (χ1n) is 6.70. The highest BCUT2D eigenvalue weighted by Gasteiger charge is 2.26. The summed E-state index contributed by atoms with van der Waals surface area (Å²) < 4.78 is 0. The fourth-order valence-electron chi connectivity index (χ4n) is 2.82. The van der Waals surface area contributed by atoms with Crippen LogP contribution in [-0.2, 0) is 0 Å². The SMILES string of the molecule is Clc1ccc([C@@H]2CCC[C@H](c3ccc(Cl)nn3)C2)nn1. The molecular weight excluding hydrogens is 295 g/mol. The molecule has 20 heavy (non-hydrogen) atoms. The standard InChI is InChI=1S/C14H14Cl2N4/c15-13-6-4-11(17-19-13)9-2-1-3-10(8-9)12-5-7-14(16)20-18-12/h4-7,9-10H,1-3,8H2/t9-,10+. The molecule has 0 N–H and O–H groups in total. The molecule has 0 bridgehead atoms. The van der Waals surface area contributed by atoms with Gasteiger partial charge in [0.25, 0.3) is 0 Å². The van der Waals surface area contributed by atoms with Gasteiger partial charge in [-0.3, -0.25) is 0 Å². The summed E-state index contributed by atoms with van der Waals surface area (Å²) in [4.78, 5) is 0. The minimum atomic E-state index is 0.413. The maximum absolute atomic E-state index is 5.79. The molecule has 0 unspecified atom stereocenters. The van der Waals surface area contributed by atoms with Crippen LogP contribution in [0.1, 0.15) is 48.9 Å². The summed E-state index contributed by atoms with van der Waals surface area (Å²) >= 11 is 11.6. The van der Waals surface area contributed by atoms with Crippen LogP contribution >= 0.6 is 23.2 Å². The molecular formula is C14H14Cl2N4. The number of rotatable bonds is 2. The topological polar surface area (TPSA) is 51.6 Å². The number of hydrogen-bond donors (Lipinski definition) is 0. The van der Waals surface area contributed by atoms with Crippen LogP contribution in [0.3, 0.4) is 0 Å². The second-order valence-electron chi connectivity index (χ2n) is 5.12. The van der Waals surface area contributed by atoms with Gasteiger partial charge in [-0.25, -0.2) is 0 Å². The molecule has 1 fully saturated rings. The van der Waals surface area contributed by atoms with E-state index >= 15 is 0 Å². The molecule has 2 atom stereocenters. The third-order valence-corrected chi connectivity index (χ3v) is 4.22. The van der Waals surface area contributed by atoms with Crippen LogP contribution in [0, 0.1) is 0 Å². The van der Waals surface area contributed by atoms with Gasteiger partial charge in [-0.1, -0.05) is 29.6 Å². The molecule has 0 saturated heterocycles. The first-order valence-corrected chi connectivity index (χ1v) is 7.46. The van der Waals surface area contributed by atoms with Crippen molar-refractivity contribution in [3.05, 3.63) is 46.0 Å². The van der Waals surface area contributed by atoms with Gasteiger partial charge in [0.15, 0.2) is 10.3 Å². The third kappa shape index (κ3) is 3.07. The van der Waals surface area contributed by atoms with E-state index in [1.807, 2.05) is 12.1 Å². The normalized spacial score (nSPS) is 22.7. The summed E-state index contributed by atoms with van der Waals surface area (Å²) in [7, 11) is 0. The molecule has 0 amide bonds. The Kier molecular flexibility index (Phi) is 4.13. The average molecular weight is 309 g/mol. The Hall–Kier alpha value is -1.26. The van der Waals surface area contributed by atoms with E-state index in [0.29, 0.717) is 22.1 Å². The van der Waals surface area contributed by atoms with Gasteiger partial charge in [-0.2, -0.15) is 10.2 Å². The molecule has 2 aromatic rings. The minimum absolute atomic E-state index is 0.413. The van der Waals surface area contributed by atoms with Gasteiger partial charge in [0, 0.05) is 11.8 Å². The van der Waals surface area contributed by atoms with Crippen LogP contribution in [-0.4, -0.2) is 20.4 Å². The lowest BCUT2D eigenvalue weighted by Crippen LogP contribution is -2.15. The van der Waals surface area contributed by atoms with E-state index in [1.54, 1.807) is 12.1 Å². The lowest BCUT2D eigenvalue weighted by atomic mass is 9.78. The Morgan fingerprint density at radius 1 is 0.750 bits per heavy atom. The summed E-state index contributed by atoms with van der Waals surface area (Å²) in [5, 5.41) is 17.1. The monoisotopic (exact) mass is 308 g/mol. The number of aromatic nitrogens is 4. The van der Waals surface area contributed by atoms with Gasteiger partial charge in [-0.15, -0.1) is 10.2 Å². The summed E-state index contributed by atoms with van der Waals surface area (Å²) in [5.41, 5.74) is 2.03. The first kappa shape index (κ1) is 13.7. The van der Waals surface area contributed by atoms with Crippen molar-refractivity contribution in [3.8, 4) is 0 Å². The fraction of sp³-hybridized carbons (Fsp3) is 0.429. The molecule has 0 radical (unpaired) electrons. The van der Waals surface area contributed by atoms with E-state index in [9.17, 15) is 0 Å². The molecule has 0 aromatic carbocycles. The van der Waals surface area contributed by atoms with Crippen molar-refractivity contribution in [2.75, 3.05) is 0 Å². The number of nitrogens with zero attached hydrogens (tertiary/aromatic N) is 4. The number of hydrogen-bond acceptors (Lipinski definition) is 4. The number of halogens is 2. The lowest BCUT2D eigenvalue weighted by Gasteiger charge is -2.27. The van der Waals surface area contributed by atoms with Crippen LogP contribution in [0.15, 0.2) is 24.3 Å². The predicted octanol–water partition coefficient (Wildman–Crippen LogP) is 4.01. The van der Waals surface area contributed by atoms with E-state index in [2.05, 4.69) is 20.4 Å². The Balaban J connectivity index is 1.76. The third-order valence-electron chi connectivity index (χ3n) is 3.82. The van der Waals surface area contributed by atoms with Gasteiger partial charge in [0.2, 0.25) is 0 Å². The van der Waals surface area contributed by atoms with E-state index in [-0.39, 0.29) is 0 Å². The molecule has 1 aliphatic rings. The van der Waals surface area contributed by atoms with Crippen LogP contribution in [0.25, 0.3) is 0 Å². The van der Waals surface area contributed by atoms with Crippen molar-refractivity contribution in [1.82, 2.24) is 20.4 Å². The maximum atomic E-state index is 5.79. The smallest absolute Gasteiger partial charge is 0.151 e. The van der Waals surface area contributed by atoms with Crippen LogP contribution < -0.4 is 0 Å². The molecule has 1 saturated carbocycles. The highest BCUT2D eigenvalue weighted by atomic mass is 35.5. The second kappa shape index (κ2) is 6.02. The van der Waals surface area contributed by atoms with Crippen molar-refractivity contribution >= 4 is 23.2 Å². The zero-order chi connectivity index (χ0) is 13.9. The molecule has 3 rings (SSSR count). The Bertz CT molecular complexity index is 519. The van der Waals surface area contributed by atoms with Crippen molar-refractivity contribution in [2.24, 2.45) is 0 Å². The van der Waals surface area contributed by atoms with Crippen molar-refractivity contribution in [3.63, 3.8) is 0 Å². The molecule has 6 heteroatoms. The van der Waals surface area contributed by atoms with Crippen LogP contribution in [0.2, 0.25) is 10.3 Å². The largest absolute Gasteiger partial charge is 0.154 e. The highest BCUT2D eigenvalue weighted by Crippen LogP contribution is 2.39. The van der Waals surface area contributed by atoms with Crippen LogP contribution in [0.4, 0.5) is 0 Å². The zero-order valence-electron chi connectivity index (χ0n) is 10.8. The van der Waals surface area contributed by atoms with E-state index < -0.39 is 0 Å². The van der Waals surface area contributed by atoms with E-state index in [4.69, 9.17) is 23.2 Å². The molecule has 0 aliphatic heterocycles. The predicted molar refractivity (Wildman–Crippen MR) is 78.0 cm³/mol. The Morgan fingerprint density at radius 3 is 1.65 bits per heavy atom. The van der Waals surface area contributed by atoms with E-state index in [1.165, 1.54) is 0 Å². The van der Waals surface area contributed by atoms with E-state index in [0.717, 1.165) is 37.1 Å². The summed E-state index contributed by atoms with van der Waals surface area (Å²) in [6.07, 6.45) is 4.44. The first-order chi connectivity index (χ1) is 9.72. The molecule has 104 valence electrons. The maximum Gasteiger partial charge on any atom is 0.151 e. The minimum Gasteiger partial charge on any atom is -0.154 e. The molecule has 2 aromatic heterocycles. The molecule has 1 aliphatic carbocycles. The lowest BCUT2D eigenvalue weighted by molar-refractivity contribution is 0.380. The zero-order valence-corrected chi connectivity index (χ0v) is 12.3. The van der Waals surface area contributed by atoms with Gasteiger partial charge < -0.3 is 0 Å². The fourth-order valence-corrected chi connectivity index (χ4v) is 3.02. The van der Waals surface area contributed by atoms with Crippen molar-refractivity contribution < 1.29 is 0 Å². The van der Waals surface area contributed by atoms with Gasteiger partial charge >= 0.3 is 0 Å². The van der Waals surface area contributed by atoms with Crippen LogP contribution in [0.5, 0.6) is 0 Å². The Labute approximate surface area is 127 Å². The van der Waals surface area contributed by atoms with Crippen molar-refractivity contribution in [2.45, 2.75) is 37.5 Å². The highest BCUT2D eigenvalue weighted by molar-refractivity contribution is 6.29. The quantitative estimate of drug-likeness (QED) is 0.841. The molecule has 0 spiro atoms. The van der Waals surface area contributed by atoms with Gasteiger partial charge in [0.1, 0.15) is 0 Å². The Morgan fingerprint density at radius 2 is 1.25 bits per heavy atom. The molecule has 2 heterocycles.